The molecule has 190 valence electrons. The van der Waals surface area contributed by atoms with E-state index < -0.39 is 11.4 Å². The average Bonchev–Trinajstić information content (AvgIpc) is 3.15. The third-order valence-electron chi connectivity index (χ3n) is 7.54. The second-order valence-corrected chi connectivity index (χ2v) is 14.7. The van der Waals surface area contributed by atoms with Gasteiger partial charge in [0.1, 0.15) is 14.9 Å². The van der Waals surface area contributed by atoms with Gasteiger partial charge in [0.05, 0.1) is 11.1 Å². The average molecular weight is 561 g/mol. The Hall–Kier alpha value is -1.28. The lowest BCUT2D eigenvalue weighted by Crippen LogP contribution is -2.46. The van der Waals surface area contributed by atoms with E-state index in [1.807, 2.05) is 33.0 Å². The van der Waals surface area contributed by atoms with E-state index in [0.717, 1.165) is 42.0 Å². The zero-order chi connectivity index (χ0) is 25.5. The second-order valence-electron chi connectivity index (χ2n) is 10.9. The van der Waals surface area contributed by atoms with Crippen LogP contribution in [0.1, 0.15) is 75.1 Å². The molecule has 2 heterocycles. The van der Waals surface area contributed by atoms with Crippen LogP contribution in [0.25, 0.3) is 0 Å². The molecule has 8 heteroatoms. The highest BCUT2D eigenvalue weighted by Gasteiger charge is 2.50. The number of aromatic nitrogens is 2. The fourth-order valence-electron chi connectivity index (χ4n) is 5.54. The number of halogens is 2. The molecule has 1 spiro atoms. The van der Waals surface area contributed by atoms with E-state index in [4.69, 9.17) is 28.2 Å². The molecule has 1 saturated carbocycles. The van der Waals surface area contributed by atoms with E-state index in [-0.39, 0.29) is 16.2 Å². The Morgan fingerprint density at radius 3 is 2.50 bits per heavy atom. The maximum Gasteiger partial charge on any atom is 0.148 e. The normalized spacial score (nSPS) is 24.6. The highest BCUT2D eigenvalue weighted by Crippen LogP contribution is 2.56. The van der Waals surface area contributed by atoms with Crippen molar-refractivity contribution in [3.8, 4) is 0 Å². The minimum absolute atomic E-state index is 0.113. The maximum absolute atomic E-state index is 13.1. The molecule has 0 aliphatic heterocycles. The van der Waals surface area contributed by atoms with Gasteiger partial charge in [-0.25, -0.2) is 9.97 Å². The fraction of sp³-hybridized carbons (Fsp3) is 0.429. The van der Waals surface area contributed by atoms with Gasteiger partial charge in [-0.2, -0.15) is 0 Å². The SMILES string of the molecule is CC(C)(C)[S@@+]([O-])N[C@H]1c2ccccc2CC12CCC(c1ccc(Sc3ccnc(Cl)c3Cl)nc1)CC2. The third-order valence-corrected chi connectivity index (χ3v) is 11.0. The standard InChI is InChI=1S/C28H31Cl2N3OS2/c1-27(2,3)36(34)33-25-21-7-5-4-6-19(21)16-28(25)13-10-18(11-14-28)20-8-9-23(32-17-20)35-22-12-15-31-26(30)24(22)29/h4-9,12,15,17-18,25,33H,10-11,13-14,16H2,1-3H3/t18?,25-,28?,36+/m0/s1. The Balaban J connectivity index is 1.29. The van der Waals surface area contributed by atoms with Crippen LogP contribution in [0.3, 0.4) is 0 Å². The van der Waals surface area contributed by atoms with E-state index in [9.17, 15) is 4.55 Å². The molecule has 2 aliphatic carbocycles. The van der Waals surface area contributed by atoms with Crippen LogP contribution in [-0.4, -0.2) is 19.3 Å². The largest absolute Gasteiger partial charge is 0.598 e. The highest BCUT2D eigenvalue weighted by atomic mass is 35.5. The molecule has 2 atom stereocenters. The van der Waals surface area contributed by atoms with Crippen molar-refractivity contribution in [2.24, 2.45) is 5.41 Å². The Morgan fingerprint density at radius 1 is 1.06 bits per heavy atom. The van der Waals surface area contributed by atoms with Gasteiger partial charge in [-0.3, -0.25) is 0 Å². The predicted octanol–water partition coefficient (Wildman–Crippen LogP) is 7.93. The number of fused-ring (bicyclic) bond motifs is 1. The van der Waals surface area contributed by atoms with Crippen LogP contribution in [0.5, 0.6) is 0 Å². The van der Waals surface area contributed by atoms with Crippen molar-refractivity contribution in [1.29, 1.82) is 0 Å². The van der Waals surface area contributed by atoms with Gasteiger partial charge >= 0.3 is 0 Å². The van der Waals surface area contributed by atoms with Gasteiger partial charge in [-0.05, 0) is 93.0 Å². The zero-order valence-electron chi connectivity index (χ0n) is 20.8. The number of hydrogen-bond acceptors (Lipinski definition) is 5. The summed E-state index contributed by atoms with van der Waals surface area (Å²) in [5.74, 6) is 0.485. The summed E-state index contributed by atoms with van der Waals surface area (Å²) in [7, 11) is 0. The first-order valence-electron chi connectivity index (χ1n) is 12.4. The summed E-state index contributed by atoms with van der Waals surface area (Å²) in [5.41, 5.74) is 4.12. The lowest BCUT2D eigenvalue weighted by molar-refractivity contribution is 0.140. The van der Waals surface area contributed by atoms with Crippen molar-refractivity contribution in [2.75, 3.05) is 0 Å². The van der Waals surface area contributed by atoms with Crippen molar-refractivity contribution in [1.82, 2.24) is 14.7 Å². The van der Waals surface area contributed by atoms with Crippen LogP contribution in [0.15, 0.2) is 64.8 Å². The molecule has 1 aromatic carbocycles. The van der Waals surface area contributed by atoms with Crippen LogP contribution in [0.2, 0.25) is 10.2 Å². The van der Waals surface area contributed by atoms with Crippen molar-refractivity contribution >= 4 is 46.3 Å². The van der Waals surface area contributed by atoms with Gasteiger partial charge in [0.15, 0.2) is 0 Å². The number of pyridine rings is 2. The van der Waals surface area contributed by atoms with Crippen molar-refractivity contribution in [2.45, 2.75) is 79.5 Å². The molecule has 3 aromatic rings. The zero-order valence-corrected chi connectivity index (χ0v) is 23.9. The number of benzene rings is 1. The monoisotopic (exact) mass is 559 g/mol. The first-order chi connectivity index (χ1) is 17.2. The van der Waals surface area contributed by atoms with Crippen LogP contribution in [0, 0.1) is 5.41 Å². The van der Waals surface area contributed by atoms with Gasteiger partial charge in [0.2, 0.25) is 0 Å². The molecule has 1 N–H and O–H groups in total. The van der Waals surface area contributed by atoms with Crippen LogP contribution in [0.4, 0.5) is 0 Å². The maximum atomic E-state index is 13.1. The number of nitrogens with one attached hydrogen (secondary N) is 1. The lowest BCUT2D eigenvalue weighted by Gasteiger charge is -2.42. The third kappa shape index (κ3) is 5.31. The summed E-state index contributed by atoms with van der Waals surface area (Å²) >= 11 is 12.7. The summed E-state index contributed by atoms with van der Waals surface area (Å²) in [4.78, 5) is 9.57. The highest BCUT2D eigenvalue weighted by molar-refractivity contribution is 7.99. The van der Waals surface area contributed by atoms with Crippen molar-refractivity contribution < 1.29 is 4.55 Å². The molecule has 1 fully saturated rings. The number of nitrogens with zero attached hydrogens (tertiary/aromatic N) is 2. The Morgan fingerprint density at radius 2 is 1.81 bits per heavy atom. The van der Waals surface area contributed by atoms with Crippen LogP contribution >= 0.6 is 35.0 Å². The molecule has 0 saturated heterocycles. The smallest absolute Gasteiger partial charge is 0.148 e. The Kier molecular flexibility index (Phi) is 7.66. The molecular formula is C28H31Cl2N3OS2. The minimum Gasteiger partial charge on any atom is -0.598 e. The molecule has 5 rings (SSSR count). The van der Waals surface area contributed by atoms with Gasteiger partial charge in [0.25, 0.3) is 0 Å². The predicted molar refractivity (Wildman–Crippen MR) is 150 cm³/mol. The number of hydrogen-bond donors (Lipinski definition) is 1. The quantitative estimate of drug-likeness (QED) is 0.254. The number of rotatable bonds is 5. The first-order valence-corrected chi connectivity index (χ1v) is 15.1. The minimum atomic E-state index is -1.11. The first kappa shape index (κ1) is 26.3. The van der Waals surface area contributed by atoms with E-state index in [1.165, 1.54) is 28.5 Å². The summed E-state index contributed by atoms with van der Waals surface area (Å²) in [6.07, 6.45) is 9.14. The topological polar surface area (TPSA) is 60.9 Å². The second kappa shape index (κ2) is 10.5. The molecule has 4 nitrogen and oxygen atoms in total. The molecule has 0 radical (unpaired) electrons. The molecule has 2 aromatic heterocycles. The van der Waals surface area contributed by atoms with E-state index >= 15 is 0 Å². The van der Waals surface area contributed by atoms with Gasteiger partial charge in [-0.1, -0.05) is 65.3 Å². The Bertz CT molecular complexity index is 1220. The van der Waals surface area contributed by atoms with E-state index in [1.54, 1.807) is 6.20 Å². The Labute approximate surface area is 231 Å². The molecule has 2 aliphatic rings. The van der Waals surface area contributed by atoms with E-state index in [2.05, 4.69) is 46.1 Å². The van der Waals surface area contributed by atoms with Gasteiger partial charge in [0, 0.05) is 28.7 Å². The summed E-state index contributed by atoms with van der Waals surface area (Å²) in [6.45, 7) is 6.10. The van der Waals surface area contributed by atoms with Gasteiger partial charge in [-0.15, -0.1) is 4.72 Å². The van der Waals surface area contributed by atoms with E-state index in [0.29, 0.717) is 16.1 Å². The summed E-state index contributed by atoms with van der Waals surface area (Å²) in [5, 5.41) is 1.65. The van der Waals surface area contributed by atoms with Crippen molar-refractivity contribution in [3.63, 3.8) is 0 Å². The van der Waals surface area contributed by atoms with Crippen molar-refractivity contribution in [3.05, 3.63) is 81.7 Å². The molecule has 36 heavy (non-hydrogen) atoms. The van der Waals surface area contributed by atoms with Crippen LogP contribution < -0.4 is 4.72 Å². The summed E-state index contributed by atoms with van der Waals surface area (Å²) in [6, 6.07) is 14.9. The molecule has 0 bridgehead atoms. The molecule has 0 amide bonds. The fourth-order valence-corrected chi connectivity index (χ4v) is 7.71. The van der Waals surface area contributed by atoms with Gasteiger partial charge < -0.3 is 4.55 Å². The molecule has 0 unspecified atom stereocenters. The summed E-state index contributed by atoms with van der Waals surface area (Å²) < 4.78 is 16.4. The molecular weight excluding hydrogens is 529 g/mol. The van der Waals surface area contributed by atoms with Crippen LogP contribution in [-0.2, 0) is 17.8 Å². The lowest BCUT2D eigenvalue weighted by atomic mass is 9.66.